The Kier molecular flexibility index (Phi) is 7.05. The molecule has 11 nitrogen and oxygen atoms in total. The van der Waals surface area contributed by atoms with Crippen molar-refractivity contribution in [1.29, 1.82) is 0 Å². The van der Waals surface area contributed by atoms with Crippen molar-refractivity contribution in [2.24, 2.45) is 0 Å². The van der Waals surface area contributed by atoms with Crippen LogP contribution in [0.4, 0.5) is 19.0 Å². The van der Waals surface area contributed by atoms with Crippen molar-refractivity contribution in [2.75, 3.05) is 5.73 Å². The third-order valence-electron chi connectivity index (χ3n) is 4.34. The molecule has 1 aliphatic carbocycles. The molecule has 0 spiro atoms. The Hall–Kier alpha value is -2.71. The molecule has 4 atom stereocenters. The molecule has 0 aliphatic heterocycles. The second kappa shape index (κ2) is 8.97. The molecule has 2 aromatic rings. The number of aliphatic hydroxyl groups is 2. The summed E-state index contributed by atoms with van der Waals surface area (Å²) in [5.41, 5.74) is 6.51. The zero-order valence-electron chi connectivity index (χ0n) is 15.3. The number of imidazole rings is 1. The van der Waals surface area contributed by atoms with Gasteiger partial charge in [-0.1, -0.05) is 6.92 Å². The van der Waals surface area contributed by atoms with Gasteiger partial charge in [0.1, 0.15) is 17.7 Å². The molecular weight excluding hydrogens is 437 g/mol. The number of amides is 1. The summed E-state index contributed by atoms with van der Waals surface area (Å²) in [6, 6.07) is -1.06. The smallest absolute Gasteiger partial charge is 0.475 e. The average Bonchev–Trinajstić information content (AvgIpc) is 3.17. The molecule has 1 amide bonds. The predicted molar refractivity (Wildman–Crippen MR) is 96.3 cm³/mol. The van der Waals surface area contributed by atoms with E-state index in [0.717, 1.165) is 0 Å². The molecule has 1 fully saturated rings. The summed E-state index contributed by atoms with van der Waals surface area (Å²) in [5, 5.41) is 30.3. The number of carbonyl (C=O) groups excluding carboxylic acids is 1. The van der Waals surface area contributed by atoms with Gasteiger partial charge < -0.3 is 30.9 Å². The average molecular weight is 455 g/mol. The van der Waals surface area contributed by atoms with Crippen LogP contribution in [0.15, 0.2) is 6.33 Å². The summed E-state index contributed by atoms with van der Waals surface area (Å²) in [7, 11) is 0. The number of carboxylic acid groups (broad SMARTS) is 1. The Morgan fingerprint density at radius 1 is 1.33 bits per heavy atom. The van der Waals surface area contributed by atoms with Gasteiger partial charge in [0.05, 0.1) is 18.4 Å². The molecule has 2 aromatic heterocycles. The van der Waals surface area contributed by atoms with Crippen molar-refractivity contribution in [3.05, 3.63) is 11.6 Å². The zero-order valence-corrected chi connectivity index (χ0v) is 16.1. The number of nitrogens with two attached hydrogens (primary N) is 1. The minimum atomic E-state index is -5.08. The number of carbonyl (C=O) groups is 2. The number of aromatic nitrogens is 4. The topological polar surface area (TPSA) is 176 Å². The van der Waals surface area contributed by atoms with E-state index in [9.17, 15) is 28.2 Å². The van der Waals surface area contributed by atoms with Gasteiger partial charge in [-0.05, 0) is 18.0 Å². The second-order valence-electron chi connectivity index (χ2n) is 6.32. The maximum atomic E-state index is 11.5. The Bertz CT molecular complexity index is 939. The molecule has 0 saturated heterocycles. The molecule has 3 rings (SSSR count). The highest BCUT2D eigenvalue weighted by molar-refractivity contribution is 6.28. The van der Waals surface area contributed by atoms with Gasteiger partial charge in [0.15, 0.2) is 11.5 Å². The van der Waals surface area contributed by atoms with E-state index in [0.29, 0.717) is 24.0 Å². The van der Waals surface area contributed by atoms with Crippen LogP contribution in [0.2, 0.25) is 5.28 Å². The van der Waals surface area contributed by atoms with Crippen molar-refractivity contribution in [3.63, 3.8) is 0 Å². The Morgan fingerprint density at radius 3 is 2.47 bits per heavy atom. The van der Waals surface area contributed by atoms with Crippen molar-refractivity contribution in [1.82, 2.24) is 24.8 Å². The Morgan fingerprint density at radius 2 is 1.93 bits per heavy atom. The highest BCUT2D eigenvalue weighted by atomic mass is 35.5. The normalized spacial score (nSPS) is 23.7. The molecule has 15 heteroatoms. The van der Waals surface area contributed by atoms with Crippen LogP contribution in [0.5, 0.6) is 0 Å². The molecule has 1 saturated carbocycles. The predicted octanol–water partition coefficient (Wildman–Crippen LogP) is 0.257. The van der Waals surface area contributed by atoms with Crippen molar-refractivity contribution in [2.45, 2.75) is 50.2 Å². The number of aliphatic carboxylic acids is 1. The van der Waals surface area contributed by atoms with Crippen molar-refractivity contribution < 1.29 is 38.1 Å². The summed E-state index contributed by atoms with van der Waals surface area (Å²) < 4.78 is 33.3. The molecule has 0 unspecified atom stereocenters. The number of carboxylic acids is 1. The van der Waals surface area contributed by atoms with E-state index in [-0.39, 0.29) is 17.0 Å². The van der Waals surface area contributed by atoms with Crippen molar-refractivity contribution in [3.8, 4) is 0 Å². The first kappa shape index (κ1) is 23.6. The van der Waals surface area contributed by atoms with E-state index in [2.05, 4.69) is 20.3 Å². The largest absolute Gasteiger partial charge is 0.490 e. The number of anilines is 1. The lowest BCUT2D eigenvalue weighted by molar-refractivity contribution is -0.192. The van der Waals surface area contributed by atoms with Crippen LogP contribution >= 0.6 is 11.6 Å². The number of rotatable bonds is 3. The first-order valence-corrected chi connectivity index (χ1v) is 8.85. The van der Waals surface area contributed by atoms with E-state index < -0.39 is 36.4 Å². The van der Waals surface area contributed by atoms with Gasteiger partial charge in [-0.25, -0.2) is 9.78 Å². The first-order valence-electron chi connectivity index (χ1n) is 8.47. The maximum absolute atomic E-state index is 11.5. The minimum absolute atomic E-state index is 0.0272. The number of aliphatic hydroxyl groups excluding tert-OH is 2. The second-order valence-corrected chi connectivity index (χ2v) is 6.65. The number of hydrogen-bond donors (Lipinski definition) is 5. The summed E-state index contributed by atoms with van der Waals surface area (Å²) in [4.78, 5) is 32.5. The van der Waals surface area contributed by atoms with Crippen LogP contribution in [-0.2, 0) is 9.59 Å². The minimum Gasteiger partial charge on any atom is -0.475 e. The summed E-state index contributed by atoms with van der Waals surface area (Å²) in [5.74, 6) is -2.80. The van der Waals surface area contributed by atoms with Crippen LogP contribution in [0.25, 0.3) is 11.2 Å². The molecule has 1 aliphatic rings. The van der Waals surface area contributed by atoms with Gasteiger partial charge in [0.2, 0.25) is 11.2 Å². The summed E-state index contributed by atoms with van der Waals surface area (Å²) >= 11 is 5.83. The molecule has 2 heterocycles. The number of fused-ring (bicyclic) bond motifs is 1. The number of nitrogen functional groups attached to an aromatic ring is 1. The number of alkyl halides is 3. The number of halogens is 4. The van der Waals surface area contributed by atoms with E-state index in [4.69, 9.17) is 27.2 Å². The van der Waals surface area contributed by atoms with Gasteiger partial charge >= 0.3 is 12.1 Å². The SMILES string of the molecule is CCC(=O)N[C@H]1C[C@@H](n2cnc3c(N)nc(Cl)nc32)[C@H](O)[C@@H]1O.O=C(O)C(F)(F)F. The number of hydrogen-bond acceptors (Lipinski definition) is 8. The van der Waals surface area contributed by atoms with Gasteiger partial charge in [0, 0.05) is 6.42 Å². The lowest BCUT2D eigenvalue weighted by atomic mass is 10.2. The lowest BCUT2D eigenvalue weighted by Crippen LogP contribution is -2.42. The lowest BCUT2D eigenvalue weighted by Gasteiger charge is -2.18. The highest BCUT2D eigenvalue weighted by Crippen LogP contribution is 2.33. The zero-order chi connectivity index (χ0) is 22.8. The number of nitrogens with zero attached hydrogens (tertiary/aromatic N) is 4. The Balaban J connectivity index is 0.000000396. The first-order chi connectivity index (χ1) is 13.9. The van der Waals surface area contributed by atoms with E-state index in [1.165, 1.54) is 6.33 Å². The third-order valence-corrected chi connectivity index (χ3v) is 4.51. The van der Waals surface area contributed by atoms with Crippen LogP contribution in [0.1, 0.15) is 25.8 Å². The fraction of sp³-hybridized carbons (Fsp3) is 0.533. The van der Waals surface area contributed by atoms with Gasteiger partial charge in [0.25, 0.3) is 0 Å². The molecule has 0 aromatic carbocycles. The highest BCUT2D eigenvalue weighted by Gasteiger charge is 2.43. The molecule has 0 bridgehead atoms. The standard InChI is InChI=1S/C13H17ClN6O3.C2HF3O2/c1-2-7(21)17-5-3-6(10(23)9(5)22)20-4-16-8-11(15)18-13(14)19-12(8)20;3-2(4,5)1(6)7/h4-6,9-10,22-23H,2-3H2,1H3,(H,17,21)(H2,15,18,19);(H,6,7)/t5-,6+,9+,10-;/m0./s1. The molecule has 166 valence electrons. The fourth-order valence-electron chi connectivity index (χ4n) is 2.89. The van der Waals surface area contributed by atoms with Crippen LogP contribution in [-0.4, -0.2) is 71.1 Å². The van der Waals surface area contributed by atoms with Gasteiger partial charge in [-0.2, -0.15) is 23.1 Å². The fourth-order valence-corrected chi connectivity index (χ4v) is 3.06. The molecule has 0 radical (unpaired) electrons. The van der Waals surface area contributed by atoms with Gasteiger partial charge in [-0.15, -0.1) is 0 Å². The van der Waals surface area contributed by atoms with Crippen molar-refractivity contribution >= 4 is 40.5 Å². The summed E-state index contributed by atoms with van der Waals surface area (Å²) in [6.07, 6.45) is -5.14. The van der Waals surface area contributed by atoms with E-state index in [1.807, 2.05) is 0 Å². The van der Waals surface area contributed by atoms with Crippen LogP contribution in [0.3, 0.4) is 0 Å². The monoisotopic (exact) mass is 454 g/mol. The Labute approximate surface area is 171 Å². The van der Waals surface area contributed by atoms with Crippen LogP contribution in [0, 0.1) is 0 Å². The quantitative estimate of drug-likeness (QED) is 0.407. The van der Waals surface area contributed by atoms with Crippen LogP contribution < -0.4 is 11.1 Å². The third kappa shape index (κ3) is 5.06. The molecule has 30 heavy (non-hydrogen) atoms. The maximum Gasteiger partial charge on any atom is 0.490 e. The van der Waals surface area contributed by atoms with Gasteiger partial charge in [-0.3, -0.25) is 4.79 Å². The van der Waals surface area contributed by atoms with E-state index in [1.54, 1.807) is 11.5 Å². The molecular formula is C15H18ClF3N6O5. The summed E-state index contributed by atoms with van der Waals surface area (Å²) in [6.45, 7) is 1.72. The number of nitrogens with one attached hydrogen (secondary N) is 1. The van der Waals surface area contributed by atoms with E-state index >= 15 is 0 Å². The molecule has 6 N–H and O–H groups in total.